The highest BCUT2D eigenvalue weighted by atomic mass is 16.5. The molecular formula is C17H26N4O3. The lowest BCUT2D eigenvalue weighted by atomic mass is 9.96. The molecule has 0 bridgehead atoms. The Morgan fingerprint density at radius 1 is 1.08 bits per heavy atom. The first-order valence-electron chi connectivity index (χ1n) is 8.91. The van der Waals surface area contributed by atoms with Crippen LogP contribution >= 0.6 is 0 Å². The largest absolute Gasteiger partial charge is 0.351 e. The molecule has 3 rings (SSSR count). The fourth-order valence-corrected chi connectivity index (χ4v) is 3.51. The molecule has 1 saturated carbocycles. The lowest BCUT2D eigenvalue weighted by molar-refractivity contribution is 0.0666. The van der Waals surface area contributed by atoms with E-state index >= 15 is 0 Å². The molecule has 0 unspecified atom stereocenters. The maximum atomic E-state index is 12.3. The van der Waals surface area contributed by atoms with Gasteiger partial charge < -0.3 is 20.1 Å². The van der Waals surface area contributed by atoms with Crippen molar-refractivity contribution in [2.24, 2.45) is 0 Å². The number of carbonyl (C=O) groups excluding carboxylic acids is 2. The van der Waals surface area contributed by atoms with Crippen LogP contribution in [0.2, 0.25) is 0 Å². The third-order valence-corrected chi connectivity index (χ3v) is 4.90. The van der Waals surface area contributed by atoms with Crippen LogP contribution in [0.3, 0.4) is 0 Å². The zero-order valence-corrected chi connectivity index (χ0v) is 14.2. The molecular weight excluding hydrogens is 308 g/mol. The second-order valence-corrected chi connectivity index (χ2v) is 6.85. The SMILES string of the molecule is Cc1cc(C(=O)N2CCC(NC(=O)NC3CCCCC3)CC2)on1. The van der Waals surface area contributed by atoms with Gasteiger partial charge in [0.15, 0.2) is 0 Å². The van der Waals surface area contributed by atoms with E-state index in [1.807, 2.05) is 0 Å². The van der Waals surface area contributed by atoms with Crippen molar-refractivity contribution in [1.29, 1.82) is 0 Å². The van der Waals surface area contributed by atoms with E-state index in [2.05, 4.69) is 15.8 Å². The number of hydrogen-bond donors (Lipinski definition) is 2. The Morgan fingerprint density at radius 2 is 1.71 bits per heavy atom. The number of piperidine rings is 1. The zero-order chi connectivity index (χ0) is 16.9. The summed E-state index contributed by atoms with van der Waals surface area (Å²) in [4.78, 5) is 26.2. The summed E-state index contributed by atoms with van der Waals surface area (Å²) < 4.78 is 5.03. The van der Waals surface area contributed by atoms with Crippen molar-refractivity contribution in [2.75, 3.05) is 13.1 Å². The standard InChI is InChI=1S/C17H26N4O3/c1-12-11-15(24-20-12)16(22)21-9-7-14(8-10-21)19-17(23)18-13-5-3-2-4-6-13/h11,13-14H,2-10H2,1H3,(H2,18,19,23). The molecule has 7 heteroatoms. The van der Waals surface area contributed by atoms with Crippen molar-refractivity contribution in [3.63, 3.8) is 0 Å². The number of urea groups is 1. The normalized spacial score (nSPS) is 20.0. The quantitative estimate of drug-likeness (QED) is 0.887. The number of carbonyl (C=O) groups is 2. The van der Waals surface area contributed by atoms with Crippen molar-refractivity contribution in [3.05, 3.63) is 17.5 Å². The van der Waals surface area contributed by atoms with Crippen molar-refractivity contribution in [3.8, 4) is 0 Å². The molecule has 3 amide bonds. The molecule has 24 heavy (non-hydrogen) atoms. The van der Waals surface area contributed by atoms with Gasteiger partial charge in [0.05, 0.1) is 5.69 Å². The van der Waals surface area contributed by atoms with E-state index in [0.29, 0.717) is 24.8 Å². The van der Waals surface area contributed by atoms with Gasteiger partial charge in [-0.05, 0) is 32.6 Å². The minimum absolute atomic E-state index is 0.0717. The molecule has 0 spiro atoms. The van der Waals surface area contributed by atoms with E-state index in [-0.39, 0.29) is 23.7 Å². The van der Waals surface area contributed by atoms with Crippen LogP contribution in [0.1, 0.15) is 61.2 Å². The first kappa shape index (κ1) is 16.8. The van der Waals surface area contributed by atoms with Crippen molar-refractivity contribution in [2.45, 2.75) is 64.0 Å². The van der Waals surface area contributed by atoms with Gasteiger partial charge in [0, 0.05) is 31.2 Å². The van der Waals surface area contributed by atoms with Crippen LogP contribution in [0.4, 0.5) is 4.79 Å². The average Bonchev–Trinajstić information content (AvgIpc) is 3.02. The van der Waals surface area contributed by atoms with Crippen LogP contribution in [0.5, 0.6) is 0 Å². The van der Waals surface area contributed by atoms with Gasteiger partial charge in [-0.25, -0.2) is 4.79 Å². The molecule has 1 aromatic heterocycles. The lowest BCUT2D eigenvalue weighted by Gasteiger charge is -2.32. The van der Waals surface area contributed by atoms with Gasteiger partial charge in [0.2, 0.25) is 5.76 Å². The van der Waals surface area contributed by atoms with E-state index in [4.69, 9.17) is 4.52 Å². The number of rotatable bonds is 3. The van der Waals surface area contributed by atoms with E-state index in [1.54, 1.807) is 17.9 Å². The van der Waals surface area contributed by atoms with Gasteiger partial charge >= 0.3 is 6.03 Å². The molecule has 1 aliphatic heterocycles. The summed E-state index contributed by atoms with van der Waals surface area (Å²) in [7, 11) is 0. The molecule has 1 saturated heterocycles. The Bertz CT molecular complexity index is 572. The summed E-state index contributed by atoms with van der Waals surface area (Å²) in [5.74, 6) is 0.162. The summed E-state index contributed by atoms with van der Waals surface area (Å²) >= 11 is 0. The molecule has 7 nitrogen and oxygen atoms in total. The second kappa shape index (κ2) is 7.68. The predicted octanol–water partition coefficient (Wildman–Crippen LogP) is 2.22. The van der Waals surface area contributed by atoms with E-state index in [0.717, 1.165) is 25.7 Å². The summed E-state index contributed by atoms with van der Waals surface area (Å²) in [5.41, 5.74) is 0.703. The number of likely N-dealkylation sites (tertiary alicyclic amines) is 1. The number of hydrogen-bond acceptors (Lipinski definition) is 4. The first-order chi connectivity index (χ1) is 11.6. The van der Waals surface area contributed by atoms with Gasteiger partial charge in [0.25, 0.3) is 5.91 Å². The molecule has 1 aromatic rings. The molecule has 0 radical (unpaired) electrons. The summed E-state index contributed by atoms with van der Waals surface area (Å²) in [6, 6.07) is 2.02. The highest BCUT2D eigenvalue weighted by molar-refractivity contribution is 5.91. The van der Waals surface area contributed by atoms with Crippen LogP contribution in [-0.2, 0) is 0 Å². The summed E-state index contributed by atoms with van der Waals surface area (Å²) in [6.07, 6.45) is 7.36. The second-order valence-electron chi connectivity index (χ2n) is 6.85. The Kier molecular flexibility index (Phi) is 5.37. The van der Waals surface area contributed by atoms with E-state index in [9.17, 15) is 9.59 Å². The minimum Gasteiger partial charge on any atom is -0.351 e. The molecule has 0 aromatic carbocycles. The average molecular weight is 334 g/mol. The third-order valence-electron chi connectivity index (χ3n) is 4.90. The fraction of sp³-hybridized carbons (Fsp3) is 0.706. The van der Waals surface area contributed by atoms with Crippen LogP contribution in [0, 0.1) is 6.92 Å². The Labute approximate surface area is 142 Å². The molecule has 2 aliphatic rings. The monoisotopic (exact) mass is 334 g/mol. The fourth-order valence-electron chi connectivity index (χ4n) is 3.51. The van der Waals surface area contributed by atoms with Gasteiger partial charge in [-0.2, -0.15) is 0 Å². The highest BCUT2D eigenvalue weighted by Crippen LogP contribution is 2.18. The van der Waals surface area contributed by atoms with Crippen LogP contribution < -0.4 is 10.6 Å². The van der Waals surface area contributed by atoms with Crippen molar-refractivity contribution in [1.82, 2.24) is 20.7 Å². The van der Waals surface area contributed by atoms with Crippen molar-refractivity contribution < 1.29 is 14.1 Å². The topological polar surface area (TPSA) is 87.5 Å². The molecule has 2 fully saturated rings. The van der Waals surface area contributed by atoms with E-state index < -0.39 is 0 Å². The van der Waals surface area contributed by atoms with Gasteiger partial charge in [-0.3, -0.25) is 4.79 Å². The number of aryl methyl sites for hydroxylation is 1. The zero-order valence-electron chi connectivity index (χ0n) is 14.2. The number of aromatic nitrogens is 1. The smallest absolute Gasteiger partial charge is 0.315 e. The van der Waals surface area contributed by atoms with Gasteiger partial charge in [-0.15, -0.1) is 0 Å². The molecule has 2 heterocycles. The summed E-state index contributed by atoms with van der Waals surface area (Å²) in [6.45, 7) is 3.03. The molecule has 0 atom stereocenters. The number of nitrogens with one attached hydrogen (secondary N) is 2. The Balaban J connectivity index is 1.41. The number of nitrogens with zero attached hydrogens (tertiary/aromatic N) is 2. The van der Waals surface area contributed by atoms with Crippen LogP contribution in [0.15, 0.2) is 10.6 Å². The minimum atomic E-state index is -0.124. The highest BCUT2D eigenvalue weighted by Gasteiger charge is 2.27. The van der Waals surface area contributed by atoms with Crippen molar-refractivity contribution >= 4 is 11.9 Å². The lowest BCUT2D eigenvalue weighted by Crippen LogP contribution is -2.51. The van der Waals surface area contributed by atoms with Crippen LogP contribution in [-0.4, -0.2) is 47.2 Å². The number of amides is 3. The molecule has 1 aliphatic carbocycles. The summed E-state index contributed by atoms with van der Waals surface area (Å²) in [5, 5.41) is 9.88. The maximum Gasteiger partial charge on any atom is 0.315 e. The maximum absolute atomic E-state index is 12.3. The van der Waals surface area contributed by atoms with E-state index in [1.165, 1.54) is 19.3 Å². The van der Waals surface area contributed by atoms with Gasteiger partial charge in [0.1, 0.15) is 0 Å². The Morgan fingerprint density at radius 3 is 2.29 bits per heavy atom. The predicted molar refractivity (Wildman–Crippen MR) is 88.7 cm³/mol. The Hall–Kier alpha value is -2.05. The van der Waals surface area contributed by atoms with Gasteiger partial charge in [-0.1, -0.05) is 24.4 Å². The molecule has 2 N–H and O–H groups in total. The molecule has 132 valence electrons. The van der Waals surface area contributed by atoms with Crippen LogP contribution in [0.25, 0.3) is 0 Å². The third kappa shape index (κ3) is 4.27. The first-order valence-corrected chi connectivity index (χ1v) is 8.91.